The quantitative estimate of drug-likeness (QED) is 0.722. The topological polar surface area (TPSA) is 44.1 Å². The molecule has 4 heteroatoms. The molecule has 3 aromatic rings. The fourth-order valence-electron chi connectivity index (χ4n) is 2.97. The summed E-state index contributed by atoms with van der Waals surface area (Å²) in [6.45, 7) is 6.10. The lowest BCUT2D eigenvalue weighted by Gasteiger charge is -2.16. The SMILES string of the molecule is CCc1ccc(-c2nc(=O)n(C(C)C)c3ccc(OC)cc23)cc1. The molecule has 3 rings (SSSR count). The number of methoxy groups -OCH3 is 1. The zero-order chi connectivity index (χ0) is 17.3. The number of benzene rings is 2. The maximum absolute atomic E-state index is 12.6. The van der Waals surface area contributed by atoms with Crippen molar-refractivity contribution in [2.45, 2.75) is 33.2 Å². The van der Waals surface area contributed by atoms with Gasteiger partial charge in [0, 0.05) is 17.0 Å². The second-order valence-electron chi connectivity index (χ2n) is 6.14. The molecule has 0 saturated carbocycles. The maximum Gasteiger partial charge on any atom is 0.348 e. The molecule has 1 heterocycles. The summed E-state index contributed by atoms with van der Waals surface area (Å²) in [5.74, 6) is 0.754. The van der Waals surface area contributed by atoms with Crippen molar-refractivity contribution in [3.63, 3.8) is 0 Å². The van der Waals surface area contributed by atoms with E-state index >= 15 is 0 Å². The van der Waals surface area contributed by atoms with Crippen molar-refractivity contribution in [1.29, 1.82) is 0 Å². The van der Waals surface area contributed by atoms with Crippen LogP contribution in [0.25, 0.3) is 22.2 Å². The molecule has 0 bridgehead atoms. The summed E-state index contributed by atoms with van der Waals surface area (Å²) in [5.41, 5.74) is 3.56. The van der Waals surface area contributed by atoms with Gasteiger partial charge in [-0.15, -0.1) is 0 Å². The number of ether oxygens (including phenoxy) is 1. The molecule has 124 valence electrons. The van der Waals surface area contributed by atoms with Crippen LogP contribution in [-0.4, -0.2) is 16.7 Å². The summed E-state index contributed by atoms with van der Waals surface area (Å²) in [7, 11) is 1.64. The molecule has 4 nitrogen and oxygen atoms in total. The molecule has 0 atom stereocenters. The fraction of sp³-hybridized carbons (Fsp3) is 0.300. The number of fused-ring (bicyclic) bond motifs is 1. The van der Waals surface area contributed by atoms with E-state index in [4.69, 9.17) is 4.74 Å². The van der Waals surface area contributed by atoms with Gasteiger partial charge in [-0.3, -0.25) is 4.57 Å². The van der Waals surface area contributed by atoms with Crippen molar-refractivity contribution in [2.75, 3.05) is 7.11 Å². The average molecular weight is 322 g/mol. The number of hydrogen-bond donors (Lipinski definition) is 0. The molecule has 0 saturated heterocycles. The summed E-state index contributed by atoms with van der Waals surface area (Å²) < 4.78 is 7.09. The lowest BCUT2D eigenvalue weighted by Crippen LogP contribution is -2.25. The van der Waals surface area contributed by atoms with Crippen LogP contribution in [0.15, 0.2) is 47.3 Å². The van der Waals surface area contributed by atoms with Gasteiger partial charge in [-0.2, -0.15) is 4.98 Å². The molecular formula is C20H22N2O2. The summed E-state index contributed by atoms with van der Waals surface area (Å²) in [4.78, 5) is 16.9. The third kappa shape index (κ3) is 2.80. The first-order valence-electron chi connectivity index (χ1n) is 8.24. The number of hydrogen-bond acceptors (Lipinski definition) is 3. The first-order chi connectivity index (χ1) is 11.5. The predicted octanol–water partition coefficient (Wildman–Crippen LogP) is 4.22. The smallest absolute Gasteiger partial charge is 0.348 e. The van der Waals surface area contributed by atoms with E-state index in [0.717, 1.165) is 28.6 Å². The molecule has 1 aromatic heterocycles. The molecule has 24 heavy (non-hydrogen) atoms. The molecule has 0 amide bonds. The number of aromatic nitrogens is 2. The van der Waals surface area contributed by atoms with E-state index in [9.17, 15) is 4.79 Å². The Morgan fingerprint density at radius 1 is 1.12 bits per heavy atom. The van der Waals surface area contributed by atoms with Crippen molar-refractivity contribution in [1.82, 2.24) is 9.55 Å². The lowest BCUT2D eigenvalue weighted by atomic mass is 10.0. The Balaban J connectivity index is 2.34. The highest BCUT2D eigenvalue weighted by Gasteiger charge is 2.14. The highest BCUT2D eigenvalue weighted by atomic mass is 16.5. The number of aryl methyl sites for hydroxylation is 1. The average Bonchev–Trinajstić information content (AvgIpc) is 2.60. The number of nitrogens with zero attached hydrogens (tertiary/aromatic N) is 2. The fourth-order valence-corrected chi connectivity index (χ4v) is 2.97. The third-order valence-electron chi connectivity index (χ3n) is 4.28. The van der Waals surface area contributed by atoms with Crippen molar-refractivity contribution in [2.24, 2.45) is 0 Å². The first kappa shape index (κ1) is 16.2. The largest absolute Gasteiger partial charge is 0.497 e. The van der Waals surface area contributed by atoms with E-state index < -0.39 is 0 Å². The highest BCUT2D eigenvalue weighted by Crippen LogP contribution is 2.29. The lowest BCUT2D eigenvalue weighted by molar-refractivity contribution is 0.415. The van der Waals surface area contributed by atoms with Gasteiger partial charge in [0.2, 0.25) is 0 Å². The Hall–Kier alpha value is -2.62. The zero-order valence-corrected chi connectivity index (χ0v) is 14.5. The summed E-state index contributed by atoms with van der Waals surface area (Å²) in [6, 6.07) is 14.0. The first-order valence-corrected chi connectivity index (χ1v) is 8.24. The van der Waals surface area contributed by atoms with Crippen LogP contribution in [0.3, 0.4) is 0 Å². The molecular weight excluding hydrogens is 300 g/mol. The van der Waals surface area contributed by atoms with Crippen LogP contribution in [0.2, 0.25) is 0 Å². The van der Waals surface area contributed by atoms with E-state index in [0.29, 0.717) is 5.69 Å². The predicted molar refractivity (Wildman–Crippen MR) is 97.8 cm³/mol. The van der Waals surface area contributed by atoms with Gasteiger partial charge in [0.25, 0.3) is 0 Å². The molecule has 0 aliphatic carbocycles. The normalized spacial score (nSPS) is 11.2. The third-order valence-corrected chi connectivity index (χ3v) is 4.28. The summed E-state index contributed by atoms with van der Waals surface area (Å²) >= 11 is 0. The highest BCUT2D eigenvalue weighted by molar-refractivity contribution is 5.93. The van der Waals surface area contributed by atoms with Crippen LogP contribution in [0, 0.1) is 0 Å². The summed E-state index contributed by atoms with van der Waals surface area (Å²) in [6.07, 6.45) is 0.983. The molecule has 0 fully saturated rings. The van der Waals surface area contributed by atoms with Gasteiger partial charge in [0.05, 0.1) is 18.3 Å². The van der Waals surface area contributed by atoms with Crippen LogP contribution in [0.5, 0.6) is 5.75 Å². The van der Waals surface area contributed by atoms with E-state index in [2.05, 4.69) is 24.0 Å². The Morgan fingerprint density at radius 3 is 2.42 bits per heavy atom. The molecule has 0 unspecified atom stereocenters. The Bertz CT molecular complexity index is 925. The Kier molecular flexibility index (Phi) is 4.38. The molecule has 2 aromatic carbocycles. The second kappa shape index (κ2) is 6.48. The Labute approximate surface area is 141 Å². The van der Waals surface area contributed by atoms with E-state index in [1.807, 2.05) is 44.2 Å². The second-order valence-corrected chi connectivity index (χ2v) is 6.14. The minimum Gasteiger partial charge on any atom is -0.497 e. The van der Waals surface area contributed by atoms with Crippen molar-refractivity contribution >= 4 is 10.9 Å². The summed E-state index contributed by atoms with van der Waals surface area (Å²) in [5, 5.41) is 0.923. The van der Waals surface area contributed by atoms with Gasteiger partial charge in [0.1, 0.15) is 5.75 Å². The molecule has 0 N–H and O–H groups in total. The maximum atomic E-state index is 12.6. The van der Waals surface area contributed by atoms with E-state index in [1.165, 1.54) is 5.56 Å². The van der Waals surface area contributed by atoms with Crippen LogP contribution < -0.4 is 10.4 Å². The van der Waals surface area contributed by atoms with Gasteiger partial charge in [-0.1, -0.05) is 31.2 Å². The standard InChI is InChI=1S/C20H22N2O2/c1-5-14-6-8-15(9-7-14)19-17-12-16(24-4)10-11-18(17)22(13(2)3)20(23)21-19/h6-13H,5H2,1-4H3. The number of rotatable bonds is 4. The van der Waals surface area contributed by atoms with Crippen LogP contribution >= 0.6 is 0 Å². The van der Waals surface area contributed by atoms with Crippen molar-refractivity contribution < 1.29 is 4.74 Å². The van der Waals surface area contributed by atoms with E-state index in [1.54, 1.807) is 11.7 Å². The van der Waals surface area contributed by atoms with Crippen molar-refractivity contribution in [3.05, 3.63) is 58.5 Å². The molecule has 0 spiro atoms. The van der Waals surface area contributed by atoms with Crippen LogP contribution in [-0.2, 0) is 6.42 Å². The van der Waals surface area contributed by atoms with Crippen molar-refractivity contribution in [3.8, 4) is 17.0 Å². The van der Waals surface area contributed by atoms with Crippen LogP contribution in [0.4, 0.5) is 0 Å². The molecule has 0 aliphatic rings. The van der Waals surface area contributed by atoms with Gasteiger partial charge in [-0.05, 0) is 44.0 Å². The minimum absolute atomic E-state index is 0.0393. The molecule has 0 aliphatic heterocycles. The minimum atomic E-state index is -0.225. The zero-order valence-electron chi connectivity index (χ0n) is 14.5. The van der Waals surface area contributed by atoms with Gasteiger partial charge >= 0.3 is 5.69 Å². The Morgan fingerprint density at radius 2 is 1.83 bits per heavy atom. The van der Waals surface area contributed by atoms with Crippen LogP contribution in [0.1, 0.15) is 32.4 Å². The van der Waals surface area contributed by atoms with Gasteiger partial charge < -0.3 is 4.74 Å². The van der Waals surface area contributed by atoms with Gasteiger partial charge in [-0.25, -0.2) is 4.79 Å². The van der Waals surface area contributed by atoms with Gasteiger partial charge in [0.15, 0.2) is 0 Å². The molecule has 0 radical (unpaired) electrons. The monoisotopic (exact) mass is 322 g/mol. The van der Waals surface area contributed by atoms with E-state index in [-0.39, 0.29) is 11.7 Å².